The maximum absolute atomic E-state index is 13.6. The highest BCUT2D eigenvalue weighted by Crippen LogP contribution is 2.31. The molecule has 0 radical (unpaired) electrons. The molecule has 2 N–H and O–H groups in total. The van der Waals surface area contributed by atoms with Gasteiger partial charge in [-0.3, -0.25) is 4.79 Å². The highest BCUT2D eigenvalue weighted by Gasteiger charge is 2.30. The Morgan fingerprint density at radius 3 is 2.47 bits per heavy atom. The van der Waals surface area contributed by atoms with Crippen LogP contribution in [0.25, 0.3) is 0 Å². The minimum absolute atomic E-state index is 0.214. The molecule has 0 aliphatic heterocycles. The number of alkyl halides is 3. The van der Waals surface area contributed by atoms with Gasteiger partial charge in [0.2, 0.25) is 0 Å². The number of nitrogens with zero attached hydrogens (tertiary/aromatic N) is 1. The van der Waals surface area contributed by atoms with Crippen LogP contribution in [-0.2, 0) is 19.1 Å². The molecule has 0 bridgehead atoms. The summed E-state index contributed by atoms with van der Waals surface area (Å²) in [6.07, 6.45) is -1.76. The van der Waals surface area contributed by atoms with Crippen molar-refractivity contribution in [2.24, 2.45) is 5.92 Å². The van der Waals surface area contributed by atoms with E-state index in [1.54, 1.807) is 30.0 Å². The zero-order valence-electron chi connectivity index (χ0n) is 19.9. The number of benzene rings is 3. The van der Waals surface area contributed by atoms with Crippen LogP contribution < -0.4 is 10.5 Å². The first-order valence-electron chi connectivity index (χ1n) is 11.8. The van der Waals surface area contributed by atoms with Gasteiger partial charge < -0.3 is 15.4 Å². The first kappa shape index (κ1) is 25.9. The first-order valence-corrected chi connectivity index (χ1v) is 12.2. The number of carbonyl (C=O) groups excluding carboxylic acids is 1. The van der Waals surface area contributed by atoms with E-state index < -0.39 is 11.7 Å². The zero-order chi connectivity index (χ0) is 25.9. The second-order valence-electron chi connectivity index (χ2n) is 9.24. The molecule has 3 aromatic rings. The Hall–Kier alpha value is -3.19. The molecule has 4 nitrogen and oxygen atoms in total. The van der Waals surface area contributed by atoms with E-state index in [1.807, 2.05) is 24.3 Å². The number of nitrogens with two attached hydrogens (primary N) is 1. The van der Waals surface area contributed by atoms with Crippen molar-refractivity contribution in [2.75, 3.05) is 18.9 Å². The molecule has 1 saturated carbocycles. The lowest BCUT2D eigenvalue weighted by molar-refractivity contribution is -0.137. The predicted octanol–water partition coefficient (Wildman–Crippen LogP) is 6.92. The second kappa shape index (κ2) is 10.8. The SMILES string of the molecule is Cc1c(N)cc(Cl)cc1C(=O)N(CCc1cccc(C(F)(F)F)c1)Cc1ccc(OCC2CC2)cc1. The molecule has 1 aliphatic rings. The summed E-state index contributed by atoms with van der Waals surface area (Å²) in [5.74, 6) is 1.12. The monoisotopic (exact) mass is 516 g/mol. The number of anilines is 1. The predicted molar refractivity (Wildman–Crippen MR) is 135 cm³/mol. The van der Waals surface area contributed by atoms with Crippen molar-refractivity contribution < 1.29 is 22.7 Å². The number of amides is 1. The lowest BCUT2D eigenvalue weighted by Crippen LogP contribution is -2.33. The lowest BCUT2D eigenvalue weighted by Gasteiger charge is -2.25. The number of hydrogen-bond acceptors (Lipinski definition) is 3. The largest absolute Gasteiger partial charge is 0.493 e. The van der Waals surface area contributed by atoms with E-state index in [9.17, 15) is 18.0 Å². The minimum atomic E-state index is -4.43. The fraction of sp³-hybridized carbons (Fsp3) is 0.321. The van der Waals surface area contributed by atoms with Gasteiger partial charge >= 0.3 is 6.18 Å². The van der Waals surface area contributed by atoms with Gasteiger partial charge in [-0.2, -0.15) is 13.2 Å². The van der Waals surface area contributed by atoms with Gasteiger partial charge in [0, 0.05) is 29.4 Å². The molecule has 0 spiro atoms. The Morgan fingerprint density at radius 1 is 1.08 bits per heavy atom. The van der Waals surface area contributed by atoms with Gasteiger partial charge in [-0.05, 0) is 79.1 Å². The van der Waals surface area contributed by atoms with Crippen molar-refractivity contribution in [3.8, 4) is 5.75 Å². The summed E-state index contributed by atoms with van der Waals surface area (Å²) in [4.78, 5) is 15.2. The van der Waals surface area contributed by atoms with Gasteiger partial charge in [0.05, 0.1) is 12.2 Å². The molecule has 36 heavy (non-hydrogen) atoms. The van der Waals surface area contributed by atoms with Gasteiger partial charge in [0.15, 0.2) is 0 Å². The summed E-state index contributed by atoms with van der Waals surface area (Å²) < 4.78 is 45.3. The van der Waals surface area contributed by atoms with Gasteiger partial charge in [-0.25, -0.2) is 0 Å². The van der Waals surface area contributed by atoms with Crippen LogP contribution in [0.4, 0.5) is 18.9 Å². The van der Waals surface area contributed by atoms with Crippen molar-refractivity contribution in [3.05, 3.63) is 93.5 Å². The Balaban J connectivity index is 1.54. The Labute approximate surface area is 213 Å². The number of ether oxygens (including phenoxy) is 1. The van der Waals surface area contributed by atoms with Crippen molar-refractivity contribution in [1.82, 2.24) is 4.90 Å². The summed E-state index contributed by atoms with van der Waals surface area (Å²) >= 11 is 6.17. The second-order valence-corrected chi connectivity index (χ2v) is 9.68. The maximum atomic E-state index is 13.6. The van der Waals surface area contributed by atoms with Gasteiger partial charge in [-0.15, -0.1) is 0 Å². The van der Waals surface area contributed by atoms with Crippen LogP contribution >= 0.6 is 11.6 Å². The smallest absolute Gasteiger partial charge is 0.416 e. The van der Waals surface area contributed by atoms with Crippen LogP contribution in [0.2, 0.25) is 5.02 Å². The highest BCUT2D eigenvalue weighted by molar-refractivity contribution is 6.31. The number of halogens is 4. The third kappa shape index (κ3) is 6.72. The molecule has 0 heterocycles. The Morgan fingerprint density at radius 2 is 1.81 bits per heavy atom. The fourth-order valence-corrected chi connectivity index (χ4v) is 4.15. The molecular weight excluding hydrogens is 489 g/mol. The Bertz CT molecular complexity index is 1220. The lowest BCUT2D eigenvalue weighted by atomic mass is 10.0. The number of hydrogen-bond donors (Lipinski definition) is 1. The van der Waals surface area contributed by atoms with Crippen LogP contribution in [0.3, 0.4) is 0 Å². The summed E-state index contributed by atoms with van der Waals surface area (Å²) in [6, 6.07) is 15.9. The number of nitrogen functional groups attached to an aromatic ring is 1. The van der Waals surface area contributed by atoms with Gasteiger partial charge in [0.1, 0.15) is 5.75 Å². The molecule has 0 saturated heterocycles. The maximum Gasteiger partial charge on any atom is 0.416 e. The van der Waals surface area contributed by atoms with Crippen molar-refractivity contribution >= 4 is 23.2 Å². The van der Waals surface area contributed by atoms with E-state index in [0.29, 0.717) is 39.9 Å². The number of carbonyl (C=O) groups is 1. The van der Waals surface area contributed by atoms with Crippen LogP contribution in [0.5, 0.6) is 5.75 Å². The summed E-state index contributed by atoms with van der Waals surface area (Å²) in [7, 11) is 0. The molecule has 4 rings (SSSR count). The van der Waals surface area contributed by atoms with Crippen molar-refractivity contribution in [2.45, 2.75) is 38.9 Å². The standard InChI is InChI=1S/C28H28ClF3N2O2/c1-18-25(14-23(29)15-26(18)33)27(35)34(12-11-19-3-2-4-22(13-19)28(30,31)32)16-20-7-9-24(10-8-20)36-17-21-5-6-21/h2-4,7-10,13-15,21H,5-6,11-12,16-17,33H2,1H3. The van der Waals surface area contributed by atoms with E-state index in [-0.39, 0.29) is 25.4 Å². The van der Waals surface area contributed by atoms with Crippen molar-refractivity contribution in [3.63, 3.8) is 0 Å². The average molecular weight is 517 g/mol. The third-order valence-electron chi connectivity index (χ3n) is 6.33. The average Bonchev–Trinajstić information content (AvgIpc) is 3.67. The molecule has 3 aromatic carbocycles. The summed E-state index contributed by atoms with van der Waals surface area (Å²) in [5.41, 5.74) is 8.07. The molecule has 1 fully saturated rings. The summed E-state index contributed by atoms with van der Waals surface area (Å²) in [6.45, 7) is 2.94. The highest BCUT2D eigenvalue weighted by atomic mass is 35.5. The van der Waals surface area contributed by atoms with Crippen LogP contribution in [0.1, 0.15) is 45.5 Å². The number of rotatable bonds is 9. The Kier molecular flexibility index (Phi) is 7.79. The normalized spacial score (nSPS) is 13.5. The summed E-state index contributed by atoms with van der Waals surface area (Å²) in [5, 5.41) is 0.344. The molecule has 190 valence electrons. The molecular formula is C28H28ClF3N2O2. The molecule has 1 aliphatic carbocycles. The van der Waals surface area contributed by atoms with E-state index in [2.05, 4.69) is 0 Å². The molecule has 8 heteroatoms. The zero-order valence-corrected chi connectivity index (χ0v) is 20.7. The van der Waals surface area contributed by atoms with Crippen molar-refractivity contribution in [1.29, 1.82) is 0 Å². The topological polar surface area (TPSA) is 55.6 Å². The van der Waals surface area contributed by atoms with Crippen LogP contribution in [-0.4, -0.2) is 24.0 Å². The van der Waals surface area contributed by atoms with E-state index in [4.69, 9.17) is 22.1 Å². The van der Waals surface area contributed by atoms with E-state index >= 15 is 0 Å². The third-order valence-corrected chi connectivity index (χ3v) is 6.55. The molecule has 1 amide bonds. The molecule has 0 aromatic heterocycles. The fourth-order valence-electron chi connectivity index (χ4n) is 3.92. The minimum Gasteiger partial charge on any atom is -0.493 e. The van der Waals surface area contributed by atoms with E-state index in [1.165, 1.54) is 18.9 Å². The first-order chi connectivity index (χ1) is 17.1. The van der Waals surface area contributed by atoms with Gasteiger partial charge in [0.25, 0.3) is 5.91 Å². The van der Waals surface area contributed by atoms with Crippen LogP contribution in [0, 0.1) is 12.8 Å². The van der Waals surface area contributed by atoms with E-state index in [0.717, 1.165) is 23.4 Å². The van der Waals surface area contributed by atoms with Crippen LogP contribution in [0.15, 0.2) is 60.7 Å². The molecule has 0 unspecified atom stereocenters. The quantitative estimate of drug-likeness (QED) is 0.314. The van der Waals surface area contributed by atoms with Gasteiger partial charge in [-0.1, -0.05) is 41.9 Å². The molecule has 0 atom stereocenters.